The molecule has 3 heteroatoms. The van der Waals surface area contributed by atoms with Gasteiger partial charge in [-0.25, -0.2) is 0 Å². The summed E-state index contributed by atoms with van der Waals surface area (Å²) in [5.74, 6) is 0.794. The number of allylic oxidation sites excluding steroid dienone is 1. The Hall–Kier alpha value is -1.77. The molecule has 16 heavy (non-hydrogen) atoms. The van der Waals surface area contributed by atoms with Crippen LogP contribution in [0.1, 0.15) is 17.3 Å². The molecule has 0 aliphatic carbocycles. The number of benzene rings is 1. The summed E-state index contributed by atoms with van der Waals surface area (Å²) in [5, 5.41) is 0. The fourth-order valence-electron chi connectivity index (χ4n) is 1.42. The van der Waals surface area contributed by atoms with Crippen molar-refractivity contribution in [3.05, 3.63) is 41.6 Å². The molecule has 0 spiro atoms. The highest BCUT2D eigenvalue weighted by atomic mass is 16.5. The van der Waals surface area contributed by atoms with Crippen molar-refractivity contribution in [2.75, 3.05) is 21.2 Å². The molecule has 0 amide bonds. The summed E-state index contributed by atoms with van der Waals surface area (Å²) < 4.78 is 5.04. The molecule has 0 saturated carbocycles. The molecule has 1 aromatic carbocycles. The monoisotopic (exact) mass is 219 g/mol. The van der Waals surface area contributed by atoms with Gasteiger partial charge in [0.05, 0.1) is 7.11 Å². The molecule has 86 valence electrons. The number of carbonyl (C=O) groups is 1. The van der Waals surface area contributed by atoms with E-state index in [0.29, 0.717) is 5.56 Å². The van der Waals surface area contributed by atoms with Crippen LogP contribution in [0.2, 0.25) is 0 Å². The number of carbonyl (C=O) groups excluding carboxylic acids is 1. The zero-order valence-electron chi connectivity index (χ0n) is 10.2. The minimum absolute atomic E-state index is 0.0383. The van der Waals surface area contributed by atoms with Crippen molar-refractivity contribution < 1.29 is 9.53 Å². The minimum Gasteiger partial charge on any atom is -0.497 e. The molecule has 3 nitrogen and oxygen atoms in total. The second-order valence-electron chi connectivity index (χ2n) is 3.83. The van der Waals surface area contributed by atoms with Crippen LogP contribution in [0, 0.1) is 0 Å². The van der Waals surface area contributed by atoms with E-state index in [2.05, 4.69) is 0 Å². The van der Waals surface area contributed by atoms with Crippen molar-refractivity contribution in [3.8, 4) is 5.75 Å². The summed E-state index contributed by atoms with van der Waals surface area (Å²) in [6.07, 6.45) is 1.81. The summed E-state index contributed by atoms with van der Waals surface area (Å²) in [4.78, 5) is 13.8. The lowest BCUT2D eigenvalue weighted by Crippen LogP contribution is -2.07. The smallest absolute Gasteiger partial charge is 0.190 e. The SMILES string of the molecule is COc1ccc(C(=O)/C(C)=C/N(C)C)cc1. The van der Waals surface area contributed by atoms with Crippen LogP contribution in [-0.2, 0) is 0 Å². The van der Waals surface area contributed by atoms with Gasteiger partial charge >= 0.3 is 0 Å². The maximum atomic E-state index is 11.9. The van der Waals surface area contributed by atoms with Gasteiger partial charge in [-0.15, -0.1) is 0 Å². The van der Waals surface area contributed by atoms with E-state index in [0.717, 1.165) is 11.3 Å². The lowest BCUT2D eigenvalue weighted by Gasteiger charge is -2.08. The summed E-state index contributed by atoms with van der Waals surface area (Å²) in [6, 6.07) is 7.12. The molecule has 1 aromatic rings. The first-order valence-corrected chi connectivity index (χ1v) is 5.08. The van der Waals surface area contributed by atoms with Crippen molar-refractivity contribution in [1.29, 1.82) is 0 Å². The fraction of sp³-hybridized carbons (Fsp3) is 0.308. The number of rotatable bonds is 4. The molecule has 0 N–H and O–H groups in total. The molecular formula is C13H17NO2. The molecule has 0 fully saturated rings. The molecule has 0 unspecified atom stereocenters. The number of methoxy groups -OCH3 is 1. The molecule has 0 atom stereocenters. The van der Waals surface area contributed by atoms with Gasteiger partial charge in [0.25, 0.3) is 0 Å². The van der Waals surface area contributed by atoms with Crippen LogP contribution in [0.3, 0.4) is 0 Å². The van der Waals surface area contributed by atoms with Gasteiger partial charge in [-0.1, -0.05) is 0 Å². The maximum Gasteiger partial charge on any atom is 0.190 e. The van der Waals surface area contributed by atoms with Gasteiger partial charge in [-0.05, 0) is 31.2 Å². The summed E-state index contributed by atoms with van der Waals surface area (Å²) >= 11 is 0. The first-order chi connectivity index (χ1) is 7.54. The Morgan fingerprint density at radius 2 is 1.81 bits per heavy atom. The fourth-order valence-corrected chi connectivity index (χ4v) is 1.42. The zero-order chi connectivity index (χ0) is 12.1. The van der Waals surface area contributed by atoms with Crippen LogP contribution in [0.5, 0.6) is 5.75 Å². The van der Waals surface area contributed by atoms with Crippen LogP contribution in [0.25, 0.3) is 0 Å². The van der Waals surface area contributed by atoms with Crippen molar-refractivity contribution in [2.45, 2.75) is 6.92 Å². The highest BCUT2D eigenvalue weighted by Crippen LogP contribution is 2.14. The lowest BCUT2D eigenvalue weighted by atomic mass is 10.1. The first kappa shape index (κ1) is 12.3. The Morgan fingerprint density at radius 1 is 1.25 bits per heavy atom. The van der Waals surface area contributed by atoms with Gasteiger partial charge in [0.15, 0.2) is 5.78 Å². The molecule has 0 aromatic heterocycles. The molecular weight excluding hydrogens is 202 g/mol. The third-order valence-corrected chi connectivity index (χ3v) is 2.16. The van der Waals surface area contributed by atoms with Gasteiger partial charge in [0.2, 0.25) is 0 Å². The Kier molecular flexibility index (Phi) is 4.11. The highest BCUT2D eigenvalue weighted by molar-refractivity contribution is 6.08. The van der Waals surface area contributed by atoms with Crippen LogP contribution < -0.4 is 4.74 Å². The average Bonchev–Trinajstić information content (AvgIpc) is 2.27. The van der Waals surface area contributed by atoms with E-state index in [1.54, 1.807) is 31.4 Å². The third kappa shape index (κ3) is 3.12. The van der Waals surface area contributed by atoms with Crippen LogP contribution in [0.4, 0.5) is 0 Å². The van der Waals surface area contributed by atoms with E-state index < -0.39 is 0 Å². The van der Waals surface area contributed by atoms with Gasteiger partial charge in [-0.2, -0.15) is 0 Å². The van der Waals surface area contributed by atoms with Gasteiger partial charge in [0.1, 0.15) is 5.75 Å². The van der Waals surface area contributed by atoms with E-state index >= 15 is 0 Å². The third-order valence-electron chi connectivity index (χ3n) is 2.16. The quantitative estimate of drug-likeness (QED) is 0.575. The summed E-state index contributed by atoms with van der Waals surface area (Å²) in [7, 11) is 5.39. The second-order valence-corrected chi connectivity index (χ2v) is 3.83. The Bertz CT molecular complexity index is 391. The zero-order valence-corrected chi connectivity index (χ0v) is 10.2. The summed E-state index contributed by atoms with van der Waals surface area (Å²) in [6.45, 7) is 1.81. The number of ketones is 1. The number of hydrogen-bond donors (Lipinski definition) is 0. The minimum atomic E-state index is 0.0383. The lowest BCUT2D eigenvalue weighted by molar-refractivity contribution is 0.103. The van der Waals surface area contributed by atoms with Crippen molar-refractivity contribution in [1.82, 2.24) is 4.90 Å². The van der Waals surface area contributed by atoms with Crippen molar-refractivity contribution in [3.63, 3.8) is 0 Å². The molecule has 0 bridgehead atoms. The standard InChI is InChI=1S/C13H17NO2/c1-10(9-14(2)3)13(15)11-5-7-12(16-4)8-6-11/h5-9H,1-4H3/b10-9+. The molecule has 0 aliphatic heterocycles. The molecule has 1 rings (SSSR count). The van der Waals surface area contributed by atoms with Crippen molar-refractivity contribution in [2.24, 2.45) is 0 Å². The Morgan fingerprint density at radius 3 is 2.25 bits per heavy atom. The molecule has 0 heterocycles. The Balaban J connectivity index is 2.88. The van der Waals surface area contributed by atoms with E-state index in [9.17, 15) is 4.79 Å². The van der Waals surface area contributed by atoms with Gasteiger partial charge < -0.3 is 9.64 Å². The average molecular weight is 219 g/mol. The van der Waals surface area contributed by atoms with E-state index in [4.69, 9.17) is 4.74 Å². The highest BCUT2D eigenvalue weighted by Gasteiger charge is 2.08. The van der Waals surface area contributed by atoms with Gasteiger partial charge in [-0.3, -0.25) is 4.79 Å². The van der Waals surface area contributed by atoms with Crippen LogP contribution in [0.15, 0.2) is 36.0 Å². The number of Topliss-reactive ketones (excluding diaryl/α,β-unsaturated/α-hetero) is 1. The summed E-state index contributed by atoms with van der Waals surface area (Å²) in [5.41, 5.74) is 1.39. The topological polar surface area (TPSA) is 29.5 Å². The van der Waals surface area contributed by atoms with Gasteiger partial charge in [0, 0.05) is 31.4 Å². The maximum absolute atomic E-state index is 11.9. The van der Waals surface area contributed by atoms with Crippen LogP contribution in [-0.4, -0.2) is 31.9 Å². The molecule has 0 aliphatic rings. The second kappa shape index (κ2) is 5.35. The number of hydrogen-bond acceptors (Lipinski definition) is 3. The molecule has 0 radical (unpaired) electrons. The van der Waals surface area contributed by atoms with Crippen LogP contribution >= 0.6 is 0 Å². The number of nitrogens with zero attached hydrogens (tertiary/aromatic N) is 1. The van der Waals surface area contributed by atoms with E-state index in [1.165, 1.54) is 0 Å². The first-order valence-electron chi connectivity index (χ1n) is 5.08. The predicted molar refractivity (Wildman–Crippen MR) is 64.8 cm³/mol. The number of ether oxygens (including phenoxy) is 1. The Labute approximate surface area is 96.3 Å². The molecule has 0 saturated heterocycles. The normalized spacial score (nSPS) is 11.1. The van der Waals surface area contributed by atoms with Crippen molar-refractivity contribution >= 4 is 5.78 Å². The van der Waals surface area contributed by atoms with E-state index in [-0.39, 0.29) is 5.78 Å². The van der Waals surface area contributed by atoms with E-state index in [1.807, 2.05) is 32.1 Å². The predicted octanol–water partition coefficient (Wildman–Crippen LogP) is 2.34. The largest absolute Gasteiger partial charge is 0.497 e.